The fraction of sp³-hybridized carbons (Fsp3) is 0.364. The molecule has 0 spiro atoms. The van der Waals surface area contributed by atoms with Crippen molar-refractivity contribution in [1.82, 2.24) is 4.90 Å². The standard InChI is InChI=1S/C22H21ClF3NO4/c1-13(21(29)30)31-20-7-5-15(23)11-17(20)14-4-6-16(18(10-14)22(24,25)26)19(12-28)27-8-2-3-9-27/h4-7,10-13,19H,2-3,8-9H2,1H3,(H,29,30). The molecule has 0 aromatic heterocycles. The number of carboxylic acid groups (broad SMARTS) is 1. The predicted molar refractivity (Wildman–Crippen MR) is 109 cm³/mol. The molecule has 1 aliphatic rings. The molecule has 0 aliphatic carbocycles. The molecular weight excluding hydrogens is 435 g/mol. The van der Waals surface area contributed by atoms with Crippen LogP contribution in [0.4, 0.5) is 13.2 Å². The maximum atomic E-state index is 14.0. The third-order valence-corrected chi connectivity index (χ3v) is 5.48. The molecule has 1 fully saturated rings. The van der Waals surface area contributed by atoms with Crippen LogP contribution in [0.15, 0.2) is 36.4 Å². The average Bonchev–Trinajstić information content (AvgIpc) is 3.23. The summed E-state index contributed by atoms with van der Waals surface area (Å²) in [6, 6.07) is 7.00. The van der Waals surface area contributed by atoms with Crippen molar-refractivity contribution in [3.63, 3.8) is 0 Å². The second kappa shape index (κ2) is 9.28. The van der Waals surface area contributed by atoms with Gasteiger partial charge in [0.15, 0.2) is 6.10 Å². The highest BCUT2D eigenvalue weighted by molar-refractivity contribution is 6.31. The number of carbonyl (C=O) groups excluding carboxylic acids is 1. The number of ether oxygens (including phenoxy) is 1. The zero-order valence-electron chi connectivity index (χ0n) is 16.7. The minimum absolute atomic E-state index is 0.0895. The summed E-state index contributed by atoms with van der Waals surface area (Å²) in [6.07, 6.45) is -3.71. The maximum Gasteiger partial charge on any atom is 0.416 e. The number of aliphatic carboxylic acids is 1. The first-order valence-electron chi connectivity index (χ1n) is 9.71. The molecule has 31 heavy (non-hydrogen) atoms. The molecule has 3 rings (SSSR count). The number of carboxylic acids is 1. The van der Waals surface area contributed by atoms with Crippen LogP contribution in [0.5, 0.6) is 5.75 Å². The highest BCUT2D eigenvalue weighted by atomic mass is 35.5. The molecule has 0 amide bonds. The fourth-order valence-corrected chi connectivity index (χ4v) is 3.85. The van der Waals surface area contributed by atoms with E-state index < -0.39 is 29.9 Å². The van der Waals surface area contributed by atoms with Crippen LogP contribution in [-0.2, 0) is 15.8 Å². The summed E-state index contributed by atoms with van der Waals surface area (Å²) in [6.45, 7) is 2.43. The van der Waals surface area contributed by atoms with Gasteiger partial charge in [-0.1, -0.05) is 23.7 Å². The third kappa shape index (κ3) is 5.19. The van der Waals surface area contributed by atoms with Crippen molar-refractivity contribution in [3.8, 4) is 16.9 Å². The SMILES string of the molecule is CC(Oc1ccc(Cl)cc1-c1ccc(C(C=O)N2CCCC2)c(C(F)(F)F)c1)C(=O)O. The van der Waals surface area contributed by atoms with Crippen LogP contribution in [-0.4, -0.2) is 41.5 Å². The zero-order valence-corrected chi connectivity index (χ0v) is 17.4. The van der Waals surface area contributed by atoms with E-state index in [1.165, 1.54) is 37.3 Å². The van der Waals surface area contributed by atoms with Gasteiger partial charge in [-0.25, -0.2) is 4.79 Å². The van der Waals surface area contributed by atoms with E-state index in [1.54, 1.807) is 4.90 Å². The predicted octanol–water partition coefficient (Wildman–Crippen LogP) is 5.21. The largest absolute Gasteiger partial charge is 0.479 e. The first-order valence-corrected chi connectivity index (χ1v) is 10.1. The van der Waals surface area contributed by atoms with E-state index in [9.17, 15) is 22.8 Å². The van der Waals surface area contributed by atoms with Crippen LogP contribution in [0.2, 0.25) is 5.02 Å². The summed E-state index contributed by atoms with van der Waals surface area (Å²) in [4.78, 5) is 24.6. The molecule has 166 valence electrons. The molecule has 1 N–H and O–H groups in total. The third-order valence-electron chi connectivity index (χ3n) is 5.24. The number of alkyl halides is 3. The Morgan fingerprint density at radius 1 is 1.19 bits per heavy atom. The van der Waals surface area contributed by atoms with Crippen LogP contribution >= 0.6 is 11.6 Å². The molecule has 1 saturated heterocycles. The first kappa shape index (κ1) is 23.1. The van der Waals surface area contributed by atoms with Crippen molar-refractivity contribution in [2.24, 2.45) is 0 Å². The van der Waals surface area contributed by atoms with E-state index in [-0.39, 0.29) is 27.5 Å². The van der Waals surface area contributed by atoms with Crippen molar-refractivity contribution in [3.05, 3.63) is 52.5 Å². The van der Waals surface area contributed by atoms with E-state index in [0.29, 0.717) is 19.4 Å². The fourth-order valence-electron chi connectivity index (χ4n) is 3.67. The molecule has 0 saturated carbocycles. The van der Waals surface area contributed by atoms with Gasteiger partial charge < -0.3 is 14.6 Å². The van der Waals surface area contributed by atoms with Gasteiger partial charge in [0.25, 0.3) is 0 Å². The molecule has 2 aromatic rings. The lowest BCUT2D eigenvalue weighted by Crippen LogP contribution is -2.28. The number of halogens is 4. The van der Waals surface area contributed by atoms with E-state index in [0.717, 1.165) is 18.9 Å². The van der Waals surface area contributed by atoms with E-state index in [4.69, 9.17) is 21.4 Å². The van der Waals surface area contributed by atoms with Crippen molar-refractivity contribution < 1.29 is 32.6 Å². The molecule has 1 heterocycles. The summed E-state index contributed by atoms with van der Waals surface area (Å²) < 4.78 is 47.3. The zero-order chi connectivity index (χ0) is 22.8. The molecule has 0 bridgehead atoms. The lowest BCUT2D eigenvalue weighted by atomic mass is 9.94. The minimum atomic E-state index is -4.69. The monoisotopic (exact) mass is 455 g/mol. The number of hydrogen-bond donors (Lipinski definition) is 1. The Bertz CT molecular complexity index is 974. The summed E-state index contributed by atoms with van der Waals surface area (Å²) in [5, 5.41) is 9.36. The van der Waals surface area contributed by atoms with Crippen LogP contribution in [0, 0.1) is 0 Å². The van der Waals surface area contributed by atoms with Crippen molar-refractivity contribution in [2.45, 2.75) is 38.1 Å². The normalized spacial score (nSPS) is 16.7. The van der Waals surface area contributed by atoms with Gasteiger partial charge in [-0.2, -0.15) is 13.2 Å². The Morgan fingerprint density at radius 3 is 2.45 bits per heavy atom. The molecule has 2 aromatic carbocycles. The van der Waals surface area contributed by atoms with Gasteiger partial charge in [0.2, 0.25) is 0 Å². The molecule has 9 heteroatoms. The highest BCUT2D eigenvalue weighted by Gasteiger charge is 2.37. The van der Waals surface area contributed by atoms with Crippen LogP contribution in [0.25, 0.3) is 11.1 Å². The molecule has 5 nitrogen and oxygen atoms in total. The van der Waals surface area contributed by atoms with Gasteiger partial charge >= 0.3 is 12.1 Å². The quantitative estimate of drug-likeness (QED) is 0.580. The minimum Gasteiger partial charge on any atom is -0.479 e. The Balaban J connectivity index is 2.10. The van der Waals surface area contributed by atoms with Crippen LogP contribution in [0.1, 0.15) is 36.9 Å². The van der Waals surface area contributed by atoms with Gasteiger partial charge in [0.05, 0.1) is 11.6 Å². The van der Waals surface area contributed by atoms with E-state index in [2.05, 4.69) is 0 Å². The van der Waals surface area contributed by atoms with Gasteiger partial charge in [-0.05, 0) is 68.2 Å². The lowest BCUT2D eigenvalue weighted by molar-refractivity contribution is -0.144. The van der Waals surface area contributed by atoms with Crippen molar-refractivity contribution in [1.29, 1.82) is 0 Å². The van der Waals surface area contributed by atoms with E-state index in [1.807, 2.05) is 0 Å². The molecule has 0 radical (unpaired) electrons. The molecule has 2 unspecified atom stereocenters. The lowest BCUT2D eigenvalue weighted by Gasteiger charge is -2.26. The number of benzene rings is 2. The topological polar surface area (TPSA) is 66.8 Å². The van der Waals surface area contributed by atoms with Crippen molar-refractivity contribution >= 4 is 23.9 Å². The van der Waals surface area contributed by atoms with Crippen LogP contribution < -0.4 is 4.74 Å². The van der Waals surface area contributed by atoms with Crippen LogP contribution in [0.3, 0.4) is 0 Å². The second-order valence-corrected chi connectivity index (χ2v) is 7.80. The average molecular weight is 456 g/mol. The van der Waals surface area contributed by atoms with Gasteiger partial charge in [0.1, 0.15) is 12.0 Å². The number of carbonyl (C=O) groups is 2. The summed E-state index contributed by atoms with van der Waals surface area (Å²) >= 11 is 6.04. The van der Waals surface area contributed by atoms with Crippen molar-refractivity contribution in [2.75, 3.05) is 13.1 Å². The maximum absolute atomic E-state index is 14.0. The highest BCUT2D eigenvalue weighted by Crippen LogP contribution is 2.41. The summed E-state index contributed by atoms with van der Waals surface area (Å²) in [5.74, 6) is -1.13. The number of likely N-dealkylation sites (tertiary alicyclic amines) is 1. The molecule has 1 aliphatic heterocycles. The van der Waals surface area contributed by atoms with Gasteiger partial charge in [0, 0.05) is 10.6 Å². The smallest absolute Gasteiger partial charge is 0.416 e. The Labute approximate surface area is 182 Å². The van der Waals surface area contributed by atoms with E-state index >= 15 is 0 Å². The first-order chi connectivity index (χ1) is 14.6. The summed E-state index contributed by atoms with van der Waals surface area (Å²) in [5.41, 5.74) is -0.665. The van der Waals surface area contributed by atoms with Gasteiger partial charge in [-0.3, -0.25) is 4.90 Å². The Morgan fingerprint density at radius 2 is 1.87 bits per heavy atom. The number of aldehydes is 1. The number of rotatable bonds is 7. The Hall–Kier alpha value is -2.58. The summed E-state index contributed by atoms with van der Waals surface area (Å²) in [7, 11) is 0. The molecule has 2 atom stereocenters. The second-order valence-electron chi connectivity index (χ2n) is 7.36. The number of nitrogens with zero attached hydrogens (tertiary/aromatic N) is 1. The Kier molecular flexibility index (Phi) is 6.91. The number of hydrogen-bond acceptors (Lipinski definition) is 4. The van der Waals surface area contributed by atoms with Gasteiger partial charge in [-0.15, -0.1) is 0 Å². The molecular formula is C22H21ClF3NO4.